The molecular formula is C10H13NO2. The smallest absolute Gasteiger partial charge is 0.165 e. The van der Waals surface area contributed by atoms with Gasteiger partial charge in [0.05, 0.1) is 14.2 Å². The third kappa shape index (κ3) is 1.25. The number of hydrogen-bond acceptors (Lipinski definition) is 3. The van der Waals surface area contributed by atoms with Crippen molar-refractivity contribution < 1.29 is 9.47 Å². The van der Waals surface area contributed by atoms with Crippen LogP contribution in [-0.4, -0.2) is 14.2 Å². The first-order chi connectivity index (χ1) is 6.36. The molecule has 0 spiro atoms. The number of benzene rings is 1. The molecule has 2 rings (SSSR count). The van der Waals surface area contributed by atoms with Crippen LogP contribution >= 0.6 is 0 Å². The van der Waals surface area contributed by atoms with Gasteiger partial charge in [0.2, 0.25) is 0 Å². The van der Waals surface area contributed by atoms with Gasteiger partial charge in [-0.15, -0.1) is 0 Å². The molecular weight excluding hydrogens is 166 g/mol. The average molecular weight is 179 g/mol. The van der Waals surface area contributed by atoms with Gasteiger partial charge in [0.1, 0.15) is 0 Å². The lowest BCUT2D eigenvalue weighted by molar-refractivity contribution is 0.352. The maximum absolute atomic E-state index is 5.31. The molecule has 1 N–H and O–H groups in total. The molecule has 0 saturated carbocycles. The molecule has 3 heteroatoms. The summed E-state index contributed by atoms with van der Waals surface area (Å²) in [5.41, 5.74) is 2.53. The molecule has 0 aliphatic carbocycles. The highest BCUT2D eigenvalue weighted by molar-refractivity contribution is 5.52. The topological polar surface area (TPSA) is 30.5 Å². The van der Waals surface area contributed by atoms with Crippen LogP contribution in [0.1, 0.15) is 11.1 Å². The standard InChI is InChI=1S/C10H13NO2/c1-12-9-4-3-7-5-11-6-8(7)10(9)13-2/h3-4,11H,5-6H2,1-2H3. The van der Waals surface area contributed by atoms with Crippen LogP contribution < -0.4 is 14.8 Å². The molecule has 1 aliphatic rings. The van der Waals surface area contributed by atoms with Crippen LogP contribution in [0.3, 0.4) is 0 Å². The molecule has 1 aromatic rings. The van der Waals surface area contributed by atoms with Gasteiger partial charge < -0.3 is 14.8 Å². The molecule has 0 unspecified atom stereocenters. The first kappa shape index (κ1) is 8.38. The summed E-state index contributed by atoms with van der Waals surface area (Å²) in [5.74, 6) is 1.68. The second-order valence-electron chi connectivity index (χ2n) is 3.04. The van der Waals surface area contributed by atoms with Gasteiger partial charge in [-0.2, -0.15) is 0 Å². The van der Waals surface area contributed by atoms with E-state index >= 15 is 0 Å². The third-order valence-corrected chi connectivity index (χ3v) is 2.36. The summed E-state index contributed by atoms with van der Waals surface area (Å²) in [4.78, 5) is 0. The first-order valence-electron chi connectivity index (χ1n) is 4.30. The fraction of sp³-hybridized carbons (Fsp3) is 0.400. The van der Waals surface area contributed by atoms with Crippen LogP contribution in [0.5, 0.6) is 11.5 Å². The molecule has 0 radical (unpaired) electrons. The number of rotatable bonds is 2. The van der Waals surface area contributed by atoms with E-state index < -0.39 is 0 Å². The maximum Gasteiger partial charge on any atom is 0.165 e. The normalized spacial score (nSPS) is 14.0. The number of nitrogens with one attached hydrogen (secondary N) is 1. The Balaban J connectivity index is 2.53. The van der Waals surface area contributed by atoms with Crippen molar-refractivity contribution in [2.75, 3.05) is 14.2 Å². The zero-order chi connectivity index (χ0) is 9.26. The third-order valence-electron chi connectivity index (χ3n) is 2.36. The van der Waals surface area contributed by atoms with Gasteiger partial charge in [-0.1, -0.05) is 6.07 Å². The predicted molar refractivity (Wildman–Crippen MR) is 50.1 cm³/mol. The van der Waals surface area contributed by atoms with Crippen molar-refractivity contribution in [3.05, 3.63) is 23.3 Å². The minimum absolute atomic E-state index is 0.810. The Morgan fingerprint density at radius 1 is 1.15 bits per heavy atom. The van der Waals surface area contributed by atoms with Gasteiger partial charge in [0, 0.05) is 18.7 Å². The molecule has 1 aromatic carbocycles. The zero-order valence-corrected chi connectivity index (χ0v) is 7.89. The van der Waals surface area contributed by atoms with Gasteiger partial charge in [-0.25, -0.2) is 0 Å². The van der Waals surface area contributed by atoms with Crippen LogP contribution in [0.2, 0.25) is 0 Å². The van der Waals surface area contributed by atoms with Gasteiger partial charge in [-0.3, -0.25) is 0 Å². The van der Waals surface area contributed by atoms with Crippen LogP contribution in [0.15, 0.2) is 12.1 Å². The molecule has 13 heavy (non-hydrogen) atoms. The van der Waals surface area contributed by atoms with Gasteiger partial charge in [0.15, 0.2) is 11.5 Å². The number of hydrogen-bond donors (Lipinski definition) is 1. The van der Waals surface area contributed by atoms with E-state index in [-0.39, 0.29) is 0 Å². The van der Waals surface area contributed by atoms with Crippen molar-refractivity contribution in [1.82, 2.24) is 5.32 Å². The summed E-state index contributed by atoms with van der Waals surface area (Å²) in [6.07, 6.45) is 0. The lowest BCUT2D eigenvalue weighted by Gasteiger charge is -2.10. The Bertz CT molecular complexity index is 323. The van der Waals surface area contributed by atoms with Gasteiger partial charge >= 0.3 is 0 Å². The molecule has 0 amide bonds. The highest BCUT2D eigenvalue weighted by atomic mass is 16.5. The first-order valence-corrected chi connectivity index (χ1v) is 4.30. The minimum Gasteiger partial charge on any atom is -0.493 e. The molecule has 0 atom stereocenters. The van der Waals surface area contributed by atoms with Crippen LogP contribution in [-0.2, 0) is 13.1 Å². The van der Waals surface area contributed by atoms with Crippen molar-refractivity contribution in [3.63, 3.8) is 0 Å². The van der Waals surface area contributed by atoms with Crippen molar-refractivity contribution in [2.45, 2.75) is 13.1 Å². The predicted octanol–water partition coefficient (Wildman–Crippen LogP) is 1.31. The Labute approximate surface area is 77.7 Å². The number of ether oxygens (including phenoxy) is 2. The molecule has 3 nitrogen and oxygen atoms in total. The van der Waals surface area contributed by atoms with Crippen LogP contribution in [0, 0.1) is 0 Å². The quantitative estimate of drug-likeness (QED) is 0.742. The zero-order valence-electron chi connectivity index (χ0n) is 7.89. The lowest BCUT2D eigenvalue weighted by atomic mass is 10.1. The molecule has 0 fully saturated rings. The minimum atomic E-state index is 0.810. The van der Waals surface area contributed by atoms with Crippen molar-refractivity contribution in [3.8, 4) is 11.5 Å². The van der Waals surface area contributed by atoms with E-state index in [0.717, 1.165) is 24.6 Å². The molecule has 70 valence electrons. The van der Waals surface area contributed by atoms with E-state index in [2.05, 4.69) is 11.4 Å². The molecule has 1 heterocycles. The largest absolute Gasteiger partial charge is 0.493 e. The summed E-state index contributed by atoms with van der Waals surface area (Å²) in [6, 6.07) is 4.03. The molecule has 1 aliphatic heterocycles. The van der Waals surface area contributed by atoms with Crippen LogP contribution in [0.4, 0.5) is 0 Å². The molecule has 0 aromatic heterocycles. The summed E-state index contributed by atoms with van der Waals surface area (Å²) in [5, 5.41) is 3.28. The summed E-state index contributed by atoms with van der Waals surface area (Å²) in [7, 11) is 3.34. The highest BCUT2D eigenvalue weighted by Gasteiger charge is 2.18. The monoisotopic (exact) mass is 179 g/mol. The highest BCUT2D eigenvalue weighted by Crippen LogP contribution is 2.35. The van der Waals surface area contributed by atoms with E-state index in [4.69, 9.17) is 9.47 Å². The number of fused-ring (bicyclic) bond motifs is 1. The van der Waals surface area contributed by atoms with Crippen molar-refractivity contribution in [2.24, 2.45) is 0 Å². The SMILES string of the molecule is COc1ccc2c(c1OC)CNC2. The van der Waals surface area contributed by atoms with E-state index in [1.165, 1.54) is 11.1 Å². The Morgan fingerprint density at radius 3 is 2.69 bits per heavy atom. The lowest BCUT2D eigenvalue weighted by Crippen LogP contribution is -2.00. The van der Waals surface area contributed by atoms with E-state index in [9.17, 15) is 0 Å². The van der Waals surface area contributed by atoms with E-state index in [0.29, 0.717) is 0 Å². The van der Waals surface area contributed by atoms with Crippen molar-refractivity contribution >= 4 is 0 Å². The van der Waals surface area contributed by atoms with E-state index in [1.807, 2.05) is 6.07 Å². The Hall–Kier alpha value is -1.22. The second-order valence-corrected chi connectivity index (χ2v) is 3.04. The summed E-state index contributed by atoms with van der Waals surface area (Å²) in [6.45, 7) is 1.80. The molecule has 0 bridgehead atoms. The van der Waals surface area contributed by atoms with E-state index in [1.54, 1.807) is 14.2 Å². The summed E-state index contributed by atoms with van der Waals surface area (Å²) >= 11 is 0. The second kappa shape index (κ2) is 3.26. The Morgan fingerprint density at radius 2 is 2.00 bits per heavy atom. The fourth-order valence-corrected chi connectivity index (χ4v) is 1.71. The van der Waals surface area contributed by atoms with Gasteiger partial charge in [-0.05, 0) is 11.6 Å². The van der Waals surface area contributed by atoms with Gasteiger partial charge in [0.25, 0.3) is 0 Å². The fourth-order valence-electron chi connectivity index (χ4n) is 1.71. The Kier molecular flexibility index (Phi) is 2.10. The summed E-state index contributed by atoms with van der Waals surface area (Å²) < 4.78 is 10.5. The molecule has 0 saturated heterocycles. The maximum atomic E-state index is 5.31. The van der Waals surface area contributed by atoms with Crippen LogP contribution in [0.25, 0.3) is 0 Å². The van der Waals surface area contributed by atoms with Crippen molar-refractivity contribution in [1.29, 1.82) is 0 Å². The average Bonchev–Trinajstić information content (AvgIpc) is 2.63. The number of methoxy groups -OCH3 is 2.